The van der Waals surface area contributed by atoms with Gasteiger partial charge >= 0.3 is 18.0 Å². The number of alkyl halides is 7. The largest absolute Gasteiger partial charge is 0.432 e. The maximum absolute atomic E-state index is 13.4. The lowest BCUT2D eigenvalue weighted by atomic mass is 9.81. The summed E-state index contributed by atoms with van der Waals surface area (Å²) in [5.41, 5.74) is -5.14. The molecule has 1 atom stereocenters. The summed E-state index contributed by atoms with van der Waals surface area (Å²) in [5.74, 6) is -2.18. The van der Waals surface area contributed by atoms with Gasteiger partial charge in [0.25, 0.3) is 0 Å². The van der Waals surface area contributed by atoms with Crippen LogP contribution in [-0.2, 0) is 0 Å². The average molecular weight is 250 g/mol. The van der Waals surface area contributed by atoms with E-state index >= 15 is 0 Å². The van der Waals surface area contributed by atoms with Gasteiger partial charge in [0.15, 0.2) is 0 Å². The molecule has 0 bridgehead atoms. The zero-order valence-electron chi connectivity index (χ0n) is 8.00. The lowest BCUT2D eigenvalue weighted by molar-refractivity contribution is -0.354. The van der Waals surface area contributed by atoms with Gasteiger partial charge < -0.3 is 0 Å². The number of rotatable bonds is 1. The van der Waals surface area contributed by atoms with E-state index in [9.17, 15) is 30.7 Å². The van der Waals surface area contributed by atoms with Crippen LogP contribution in [0.2, 0.25) is 0 Å². The van der Waals surface area contributed by atoms with E-state index in [0.717, 1.165) is 6.08 Å². The molecule has 0 saturated heterocycles. The Morgan fingerprint density at radius 1 is 0.875 bits per heavy atom. The molecule has 0 aromatic carbocycles. The van der Waals surface area contributed by atoms with Gasteiger partial charge in [0.2, 0.25) is 0 Å². The Balaban J connectivity index is 3.14. The third-order valence-electron chi connectivity index (χ3n) is 2.59. The standard InChI is InChI=1S/C9H9F7/c10-7(8(11,12)13,9(14,15)16)6-4-2-1-3-5-6/h2,4,6H,1,3,5H2. The maximum atomic E-state index is 13.4. The maximum Gasteiger partial charge on any atom is 0.432 e. The summed E-state index contributed by atoms with van der Waals surface area (Å²) < 4.78 is 86.9. The molecular formula is C9H9F7. The van der Waals surface area contributed by atoms with Crippen LogP contribution in [0.5, 0.6) is 0 Å². The zero-order chi connectivity index (χ0) is 12.6. The molecule has 0 nitrogen and oxygen atoms in total. The lowest BCUT2D eigenvalue weighted by Crippen LogP contribution is -2.58. The van der Waals surface area contributed by atoms with E-state index in [1.54, 1.807) is 0 Å². The number of allylic oxidation sites excluding steroid dienone is 2. The average Bonchev–Trinajstić information content (AvgIpc) is 2.14. The molecule has 16 heavy (non-hydrogen) atoms. The van der Waals surface area contributed by atoms with Crippen molar-refractivity contribution in [2.24, 2.45) is 5.92 Å². The molecule has 1 aliphatic carbocycles. The van der Waals surface area contributed by atoms with Gasteiger partial charge in [0.05, 0.1) is 0 Å². The van der Waals surface area contributed by atoms with Crippen molar-refractivity contribution in [3.63, 3.8) is 0 Å². The third-order valence-corrected chi connectivity index (χ3v) is 2.59. The summed E-state index contributed by atoms with van der Waals surface area (Å²) in [5, 5.41) is 0. The second kappa shape index (κ2) is 3.92. The topological polar surface area (TPSA) is 0 Å². The molecule has 0 fully saturated rings. The van der Waals surface area contributed by atoms with Crippen molar-refractivity contribution in [1.82, 2.24) is 0 Å². The van der Waals surface area contributed by atoms with Crippen molar-refractivity contribution in [2.75, 3.05) is 0 Å². The van der Waals surface area contributed by atoms with Crippen molar-refractivity contribution < 1.29 is 30.7 Å². The number of hydrogen-bond donors (Lipinski definition) is 0. The Morgan fingerprint density at radius 2 is 1.38 bits per heavy atom. The first-order chi connectivity index (χ1) is 7.11. The fourth-order valence-electron chi connectivity index (χ4n) is 1.72. The summed E-state index contributed by atoms with van der Waals surface area (Å²) >= 11 is 0. The predicted molar refractivity (Wildman–Crippen MR) is 42.4 cm³/mol. The van der Waals surface area contributed by atoms with E-state index in [1.165, 1.54) is 0 Å². The normalized spacial score (nSPS) is 23.6. The minimum absolute atomic E-state index is 0.124. The van der Waals surface area contributed by atoms with Gasteiger partial charge in [-0.2, -0.15) is 26.3 Å². The highest BCUT2D eigenvalue weighted by Crippen LogP contribution is 2.52. The van der Waals surface area contributed by atoms with Crippen LogP contribution in [-0.4, -0.2) is 18.0 Å². The van der Waals surface area contributed by atoms with Gasteiger partial charge in [-0.1, -0.05) is 12.2 Å². The summed E-state index contributed by atoms with van der Waals surface area (Å²) in [4.78, 5) is 0. The molecule has 7 heteroatoms. The molecule has 1 aliphatic rings. The van der Waals surface area contributed by atoms with E-state index in [-0.39, 0.29) is 6.42 Å². The van der Waals surface area contributed by atoms with Crippen LogP contribution >= 0.6 is 0 Å². The van der Waals surface area contributed by atoms with Crippen LogP contribution in [0.3, 0.4) is 0 Å². The zero-order valence-corrected chi connectivity index (χ0v) is 8.00. The van der Waals surface area contributed by atoms with Gasteiger partial charge in [0, 0.05) is 5.92 Å². The molecule has 94 valence electrons. The van der Waals surface area contributed by atoms with Gasteiger partial charge in [-0.05, 0) is 19.3 Å². The molecule has 0 saturated carbocycles. The summed E-state index contributed by atoms with van der Waals surface area (Å²) in [7, 11) is 0. The van der Waals surface area contributed by atoms with Crippen molar-refractivity contribution in [3.05, 3.63) is 12.2 Å². The van der Waals surface area contributed by atoms with Crippen LogP contribution in [0.15, 0.2) is 12.2 Å². The Bertz CT molecular complexity index is 259. The summed E-state index contributed by atoms with van der Waals surface area (Å²) in [6.07, 6.45) is -10.0. The fraction of sp³-hybridized carbons (Fsp3) is 0.778. The number of hydrogen-bond acceptors (Lipinski definition) is 0. The van der Waals surface area contributed by atoms with E-state index in [2.05, 4.69) is 0 Å². The van der Waals surface area contributed by atoms with Crippen LogP contribution in [0.25, 0.3) is 0 Å². The molecule has 0 amide bonds. The van der Waals surface area contributed by atoms with E-state index < -0.39 is 30.4 Å². The smallest absolute Gasteiger partial charge is 0.223 e. The van der Waals surface area contributed by atoms with Crippen molar-refractivity contribution in [1.29, 1.82) is 0 Å². The Morgan fingerprint density at radius 3 is 1.69 bits per heavy atom. The predicted octanol–water partition coefficient (Wildman–Crippen LogP) is 4.18. The number of halogens is 7. The van der Waals surface area contributed by atoms with E-state index in [1.807, 2.05) is 0 Å². The first-order valence-electron chi connectivity index (χ1n) is 4.59. The Kier molecular flexibility index (Phi) is 3.27. The highest BCUT2D eigenvalue weighted by molar-refractivity contribution is 5.09. The van der Waals surface area contributed by atoms with Crippen molar-refractivity contribution in [3.8, 4) is 0 Å². The SMILES string of the molecule is FC(F)(F)C(F)(C1C=CCCC1)C(F)(F)F. The molecule has 0 aliphatic heterocycles. The van der Waals surface area contributed by atoms with Crippen LogP contribution in [0, 0.1) is 5.92 Å². The lowest BCUT2D eigenvalue weighted by Gasteiger charge is -2.36. The van der Waals surface area contributed by atoms with Crippen molar-refractivity contribution in [2.45, 2.75) is 37.3 Å². The molecule has 1 rings (SSSR count). The van der Waals surface area contributed by atoms with Gasteiger partial charge in [0.1, 0.15) is 0 Å². The summed E-state index contributed by atoms with van der Waals surface area (Å²) in [6, 6.07) is 0. The van der Waals surface area contributed by atoms with Crippen LogP contribution in [0.4, 0.5) is 30.7 Å². The third kappa shape index (κ3) is 2.04. The molecule has 0 radical (unpaired) electrons. The molecule has 0 aromatic heterocycles. The van der Waals surface area contributed by atoms with Gasteiger partial charge in [-0.3, -0.25) is 0 Å². The fourth-order valence-corrected chi connectivity index (χ4v) is 1.72. The summed E-state index contributed by atoms with van der Waals surface area (Å²) in [6.45, 7) is 0. The first kappa shape index (κ1) is 13.3. The minimum atomic E-state index is -5.95. The minimum Gasteiger partial charge on any atom is -0.223 e. The monoisotopic (exact) mass is 250 g/mol. The highest BCUT2D eigenvalue weighted by Gasteiger charge is 2.75. The van der Waals surface area contributed by atoms with E-state index in [4.69, 9.17) is 0 Å². The molecule has 0 aromatic rings. The molecule has 0 N–H and O–H groups in total. The van der Waals surface area contributed by atoms with Crippen LogP contribution < -0.4 is 0 Å². The Labute approximate surface area is 87.1 Å². The van der Waals surface area contributed by atoms with Crippen LogP contribution in [0.1, 0.15) is 19.3 Å². The second-order valence-corrected chi connectivity index (χ2v) is 3.67. The molecule has 0 spiro atoms. The van der Waals surface area contributed by atoms with Gasteiger partial charge in [-0.15, -0.1) is 0 Å². The van der Waals surface area contributed by atoms with Crippen molar-refractivity contribution >= 4 is 0 Å². The highest BCUT2D eigenvalue weighted by atomic mass is 19.4. The van der Waals surface area contributed by atoms with Gasteiger partial charge in [-0.25, -0.2) is 4.39 Å². The second-order valence-electron chi connectivity index (χ2n) is 3.67. The first-order valence-corrected chi connectivity index (χ1v) is 4.59. The molecule has 0 heterocycles. The Hall–Kier alpha value is -0.750. The quantitative estimate of drug-likeness (QED) is 0.484. The molecule has 1 unspecified atom stereocenters. The molecular weight excluding hydrogens is 241 g/mol. The van der Waals surface area contributed by atoms with E-state index in [0.29, 0.717) is 12.5 Å².